The van der Waals surface area contributed by atoms with E-state index >= 15 is 0 Å². The standard InChI is InChI=1S/C25H33ClN2O/c26-24-16-14-23(15-17-24)25(13-6-5-12-22-10-3-1-4-11-22)27-29-21-9-20-28-18-7-2-8-19-28/h1,3-4,10-11,14-17H,2,5-9,12-13,18-21H2/b27-25+. The van der Waals surface area contributed by atoms with E-state index in [0.29, 0.717) is 6.61 Å². The number of aryl methyl sites for hydroxylation is 1. The Hall–Kier alpha value is -1.84. The van der Waals surface area contributed by atoms with E-state index in [1.807, 2.05) is 24.3 Å². The second-order valence-electron chi connectivity index (χ2n) is 7.83. The monoisotopic (exact) mass is 412 g/mol. The third kappa shape index (κ3) is 8.20. The highest BCUT2D eigenvalue weighted by atomic mass is 35.5. The van der Waals surface area contributed by atoms with Gasteiger partial charge in [-0.2, -0.15) is 0 Å². The van der Waals surface area contributed by atoms with Gasteiger partial charge in [-0.25, -0.2) is 0 Å². The van der Waals surface area contributed by atoms with Gasteiger partial charge in [0.15, 0.2) is 0 Å². The Bertz CT molecular complexity index is 724. The van der Waals surface area contributed by atoms with Crippen molar-refractivity contribution in [2.45, 2.75) is 51.4 Å². The molecule has 2 aromatic rings. The van der Waals surface area contributed by atoms with Crippen molar-refractivity contribution in [3.05, 3.63) is 70.7 Å². The number of hydrogen-bond acceptors (Lipinski definition) is 3. The van der Waals surface area contributed by atoms with Crippen LogP contribution in [0, 0.1) is 0 Å². The lowest BCUT2D eigenvalue weighted by atomic mass is 10.0. The minimum Gasteiger partial charge on any atom is -0.396 e. The molecule has 3 rings (SSSR count). The fourth-order valence-corrected chi connectivity index (χ4v) is 3.94. The topological polar surface area (TPSA) is 24.8 Å². The molecule has 0 saturated carbocycles. The lowest BCUT2D eigenvalue weighted by Crippen LogP contribution is -2.31. The molecular weight excluding hydrogens is 380 g/mol. The molecule has 0 bridgehead atoms. The van der Waals surface area contributed by atoms with Crippen molar-refractivity contribution in [3.63, 3.8) is 0 Å². The van der Waals surface area contributed by atoms with Gasteiger partial charge in [-0.1, -0.05) is 65.6 Å². The van der Waals surface area contributed by atoms with Crippen LogP contribution in [0.15, 0.2) is 59.8 Å². The summed E-state index contributed by atoms with van der Waals surface area (Å²) in [5, 5.41) is 5.26. The summed E-state index contributed by atoms with van der Waals surface area (Å²) in [5.74, 6) is 0. The number of nitrogens with zero attached hydrogens (tertiary/aromatic N) is 2. The summed E-state index contributed by atoms with van der Waals surface area (Å²) in [4.78, 5) is 8.26. The summed E-state index contributed by atoms with van der Waals surface area (Å²) < 4.78 is 0. The Labute approximate surface area is 180 Å². The van der Waals surface area contributed by atoms with Gasteiger partial charge < -0.3 is 9.74 Å². The zero-order valence-electron chi connectivity index (χ0n) is 17.4. The summed E-state index contributed by atoms with van der Waals surface area (Å²) in [5.41, 5.74) is 3.52. The van der Waals surface area contributed by atoms with Crippen molar-refractivity contribution < 1.29 is 4.84 Å². The van der Waals surface area contributed by atoms with Crippen LogP contribution in [0.1, 0.15) is 56.1 Å². The van der Waals surface area contributed by atoms with Gasteiger partial charge in [0, 0.05) is 11.6 Å². The summed E-state index contributed by atoms with van der Waals surface area (Å²) in [6.07, 6.45) is 9.34. The molecule has 0 radical (unpaired) electrons. The second-order valence-corrected chi connectivity index (χ2v) is 8.26. The summed E-state index contributed by atoms with van der Waals surface area (Å²) in [7, 11) is 0. The van der Waals surface area contributed by atoms with Crippen molar-refractivity contribution in [1.29, 1.82) is 0 Å². The highest BCUT2D eigenvalue weighted by Gasteiger charge is 2.09. The van der Waals surface area contributed by atoms with Crippen LogP contribution < -0.4 is 0 Å². The van der Waals surface area contributed by atoms with E-state index in [1.54, 1.807) is 0 Å². The normalized spacial score (nSPS) is 15.4. The first-order valence-corrected chi connectivity index (χ1v) is 11.4. The number of benzene rings is 2. The third-order valence-corrected chi connectivity index (χ3v) is 5.73. The van der Waals surface area contributed by atoms with E-state index in [-0.39, 0.29) is 0 Å². The Morgan fingerprint density at radius 3 is 2.41 bits per heavy atom. The van der Waals surface area contributed by atoms with Crippen LogP contribution >= 0.6 is 11.6 Å². The minimum atomic E-state index is 0.678. The molecule has 1 saturated heterocycles. The zero-order valence-corrected chi connectivity index (χ0v) is 18.1. The third-order valence-electron chi connectivity index (χ3n) is 5.48. The predicted molar refractivity (Wildman–Crippen MR) is 123 cm³/mol. The number of piperidine rings is 1. The maximum absolute atomic E-state index is 6.05. The number of halogens is 1. The number of hydrogen-bond donors (Lipinski definition) is 0. The molecule has 156 valence electrons. The quantitative estimate of drug-likeness (QED) is 0.244. The van der Waals surface area contributed by atoms with E-state index in [0.717, 1.165) is 54.9 Å². The summed E-state index contributed by atoms with van der Waals surface area (Å²) in [6.45, 7) is 4.27. The average Bonchev–Trinajstić information content (AvgIpc) is 2.77. The van der Waals surface area contributed by atoms with Crippen molar-refractivity contribution in [2.24, 2.45) is 5.16 Å². The molecule has 4 heteroatoms. The van der Waals surface area contributed by atoms with Gasteiger partial charge >= 0.3 is 0 Å². The number of unbranched alkanes of at least 4 members (excludes halogenated alkanes) is 1. The molecule has 0 aliphatic carbocycles. The number of likely N-dealkylation sites (tertiary alicyclic amines) is 1. The van der Waals surface area contributed by atoms with Crippen molar-refractivity contribution in [2.75, 3.05) is 26.2 Å². The van der Waals surface area contributed by atoms with Crippen LogP contribution in [-0.4, -0.2) is 36.9 Å². The van der Waals surface area contributed by atoms with Gasteiger partial charge in [-0.3, -0.25) is 0 Å². The SMILES string of the molecule is Clc1ccc(/C(CCCCc2ccccc2)=N/OCCCN2CCCCC2)cc1. The molecule has 1 aliphatic rings. The Morgan fingerprint density at radius 1 is 0.897 bits per heavy atom. The molecule has 1 fully saturated rings. The Balaban J connectivity index is 1.46. The van der Waals surface area contributed by atoms with Crippen LogP contribution in [-0.2, 0) is 11.3 Å². The highest BCUT2D eigenvalue weighted by Crippen LogP contribution is 2.15. The Kier molecular flexibility index (Phi) is 9.55. The van der Waals surface area contributed by atoms with E-state index < -0.39 is 0 Å². The molecule has 0 spiro atoms. The highest BCUT2D eigenvalue weighted by molar-refractivity contribution is 6.30. The smallest absolute Gasteiger partial charge is 0.118 e. The molecule has 0 aromatic heterocycles. The first-order valence-electron chi connectivity index (χ1n) is 11.0. The van der Waals surface area contributed by atoms with Gasteiger partial charge in [-0.15, -0.1) is 0 Å². The average molecular weight is 413 g/mol. The molecule has 1 aliphatic heterocycles. The maximum atomic E-state index is 6.05. The first kappa shape index (κ1) is 21.9. The van der Waals surface area contributed by atoms with Crippen LogP contribution in [0.4, 0.5) is 0 Å². The van der Waals surface area contributed by atoms with Crippen molar-refractivity contribution in [3.8, 4) is 0 Å². The van der Waals surface area contributed by atoms with Gasteiger partial charge in [0.1, 0.15) is 6.61 Å². The van der Waals surface area contributed by atoms with Crippen LogP contribution in [0.5, 0.6) is 0 Å². The first-order chi connectivity index (χ1) is 14.3. The van der Waals surface area contributed by atoms with Crippen molar-refractivity contribution >= 4 is 17.3 Å². The number of rotatable bonds is 11. The molecule has 0 N–H and O–H groups in total. The molecule has 2 aromatic carbocycles. The summed E-state index contributed by atoms with van der Waals surface area (Å²) in [6, 6.07) is 18.6. The van der Waals surface area contributed by atoms with E-state index in [2.05, 4.69) is 40.4 Å². The predicted octanol–water partition coefficient (Wildman–Crippen LogP) is 6.35. The van der Waals surface area contributed by atoms with Gasteiger partial charge in [0.2, 0.25) is 0 Å². The van der Waals surface area contributed by atoms with E-state index in [9.17, 15) is 0 Å². The Morgan fingerprint density at radius 2 is 1.66 bits per heavy atom. The minimum absolute atomic E-state index is 0.678. The molecule has 0 amide bonds. The van der Waals surface area contributed by atoms with Gasteiger partial charge in [0.25, 0.3) is 0 Å². The van der Waals surface area contributed by atoms with Crippen LogP contribution in [0.3, 0.4) is 0 Å². The molecular formula is C25H33ClN2O. The van der Waals surface area contributed by atoms with Gasteiger partial charge in [-0.05, 0) is 81.3 Å². The molecule has 29 heavy (non-hydrogen) atoms. The van der Waals surface area contributed by atoms with Crippen molar-refractivity contribution in [1.82, 2.24) is 4.90 Å². The number of oxime groups is 1. The molecule has 0 unspecified atom stereocenters. The van der Waals surface area contributed by atoms with Crippen LogP contribution in [0.25, 0.3) is 0 Å². The lowest BCUT2D eigenvalue weighted by Gasteiger charge is -2.25. The largest absolute Gasteiger partial charge is 0.396 e. The van der Waals surface area contributed by atoms with Crippen LogP contribution in [0.2, 0.25) is 5.02 Å². The molecule has 3 nitrogen and oxygen atoms in total. The fourth-order valence-electron chi connectivity index (χ4n) is 3.81. The van der Waals surface area contributed by atoms with E-state index in [1.165, 1.54) is 37.9 Å². The lowest BCUT2D eigenvalue weighted by molar-refractivity contribution is 0.124. The van der Waals surface area contributed by atoms with E-state index in [4.69, 9.17) is 16.4 Å². The molecule has 1 heterocycles. The van der Waals surface area contributed by atoms with Gasteiger partial charge in [0.05, 0.1) is 5.71 Å². The zero-order chi connectivity index (χ0) is 20.2. The maximum Gasteiger partial charge on any atom is 0.118 e. The molecule has 0 atom stereocenters. The second kappa shape index (κ2) is 12.7. The summed E-state index contributed by atoms with van der Waals surface area (Å²) >= 11 is 6.05. The fraction of sp³-hybridized carbons (Fsp3) is 0.480.